The Kier molecular flexibility index (Phi) is 7.51. The Labute approximate surface area is 222 Å². The van der Waals surface area contributed by atoms with Crippen molar-refractivity contribution >= 4 is 37.2 Å². The van der Waals surface area contributed by atoms with E-state index in [0.29, 0.717) is 30.6 Å². The third-order valence-electron chi connectivity index (χ3n) is 7.78. The van der Waals surface area contributed by atoms with Gasteiger partial charge < -0.3 is 19.4 Å². The number of morpholine rings is 1. The first-order valence-corrected chi connectivity index (χ1v) is 15.9. The lowest BCUT2D eigenvalue weighted by Gasteiger charge is -2.36. The van der Waals surface area contributed by atoms with E-state index in [1.165, 1.54) is 0 Å². The van der Waals surface area contributed by atoms with Gasteiger partial charge in [0.05, 0.1) is 36.5 Å². The number of hydrogen-bond donors (Lipinski definition) is 1. The van der Waals surface area contributed by atoms with Gasteiger partial charge in [-0.05, 0) is 56.2 Å². The molecular weight excluding hydrogens is 482 g/mol. The number of fused-ring (bicyclic) bond motifs is 1. The number of benzene rings is 1. The smallest absolute Gasteiger partial charge is 0.243 e. The first-order chi connectivity index (χ1) is 17.4. The van der Waals surface area contributed by atoms with Crippen LogP contribution in [0.1, 0.15) is 46.0 Å². The fourth-order valence-corrected chi connectivity index (χ4v) is 5.33. The van der Waals surface area contributed by atoms with Crippen molar-refractivity contribution in [2.45, 2.75) is 64.8 Å². The molecule has 8 nitrogen and oxygen atoms in total. The van der Waals surface area contributed by atoms with Crippen molar-refractivity contribution in [1.82, 2.24) is 9.97 Å². The number of ether oxygens (including phenoxy) is 1. The number of amides is 1. The molecule has 37 heavy (non-hydrogen) atoms. The largest absolute Gasteiger partial charge is 0.409 e. The van der Waals surface area contributed by atoms with Crippen LogP contribution in [0.4, 0.5) is 23.0 Å². The molecule has 200 valence electrons. The van der Waals surface area contributed by atoms with E-state index in [1.54, 1.807) is 11.0 Å². The van der Waals surface area contributed by atoms with Crippen molar-refractivity contribution in [2.24, 2.45) is 0 Å². The highest BCUT2D eigenvalue weighted by Gasteiger charge is 2.48. The molecule has 0 unspecified atom stereocenters. The SMILES string of the molecule is C=CCNc1nc(CO[Si](C)(C)C(C)(C)C)nc2c1C(C)(C)C(=O)N2c1ccc(N2CCOCC2)cc1. The third-order valence-corrected chi connectivity index (χ3v) is 12.3. The molecule has 0 bridgehead atoms. The summed E-state index contributed by atoms with van der Waals surface area (Å²) in [6.45, 7) is 22.8. The Morgan fingerprint density at radius 1 is 1.14 bits per heavy atom. The van der Waals surface area contributed by atoms with Crippen molar-refractivity contribution in [1.29, 1.82) is 0 Å². The van der Waals surface area contributed by atoms with Gasteiger partial charge in [0.1, 0.15) is 11.6 Å². The highest BCUT2D eigenvalue weighted by atomic mass is 28.4. The Bertz CT molecular complexity index is 1150. The zero-order valence-electron chi connectivity index (χ0n) is 23.4. The summed E-state index contributed by atoms with van der Waals surface area (Å²) < 4.78 is 11.9. The van der Waals surface area contributed by atoms with E-state index >= 15 is 0 Å². The first-order valence-electron chi connectivity index (χ1n) is 13.0. The molecule has 2 aliphatic heterocycles. The molecule has 1 amide bonds. The number of carbonyl (C=O) groups is 1. The second-order valence-corrected chi connectivity index (χ2v) is 16.6. The summed E-state index contributed by atoms with van der Waals surface area (Å²) in [5.74, 6) is 1.81. The van der Waals surface area contributed by atoms with Crippen LogP contribution in [0.5, 0.6) is 0 Å². The minimum atomic E-state index is -2.01. The number of anilines is 4. The molecule has 2 aliphatic rings. The second kappa shape index (κ2) is 10.2. The normalized spacial score (nSPS) is 17.6. The average Bonchev–Trinajstić information content (AvgIpc) is 3.06. The van der Waals surface area contributed by atoms with Crippen LogP contribution in [-0.2, 0) is 26.0 Å². The monoisotopic (exact) mass is 523 g/mol. The van der Waals surface area contributed by atoms with Gasteiger partial charge in [-0.15, -0.1) is 6.58 Å². The van der Waals surface area contributed by atoms with Gasteiger partial charge in [0, 0.05) is 25.3 Å². The Morgan fingerprint density at radius 2 is 1.76 bits per heavy atom. The predicted octanol–water partition coefficient (Wildman–Crippen LogP) is 5.39. The van der Waals surface area contributed by atoms with Crippen LogP contribution in [0.2, 0.25) is 18.1 Å². The zero-order valence-corrected chi connectivity index (χ0v) is 24.4. The number of aromatic nitrogens is 2. The molecule has 1 aromatic carbocycles. The van der Waals surface area contributed by atoms with Crippen LogP contribution < -0.4 is 15.1 Å². The number of nitrogens with zero attached hydrogens (tertiary/aromatic N) is 4. The molecule has 0 spiro atoms. The van der Waals surface area contributed by atoms with E-state index < -0.39 is 13.7 Å². The van der Waals surface area contributed by atoms with Gasteiger partial charge in [-0.1, -0.05) is 26.8 Å². The summed E-state index contributed by atoms with van der Waals surface area (Å²) in [5.41, 5.74) is 1.92. The Morgan fingerprint density at radius 3 is 2.35 bits per heavy atom. The van der Waals surface area contributed by atoms with Crippen LogP contribution in [0.3, 0.4) is 0 Å². The third kappa shape index (κ3) is 5.30. The first kappa shape index (κ1) is 27.3. The van der Waals surface area contributed by atoms with Gasteiger partial charge in [-0.2, -0.15) is 0 Å². The van der Waals surface area contributed by atoms with Gasteiger partial charge >= 0.3 is 0 Å². The van der Waals surface area contributed by atoms with E-state index in [9.17, 15) is 4.79 Å². The maximum atomic E-state index is 13.8. The highest BCUT2D eigenvalue weighted by Crippen LogP contribution is 2.47. The topological polar surface area (TPSA) is 79.8 Å². The Hall–Kier alpha value is -2.75. The van der Waals surface area contributed by atoms with Crippen LogP contribution in [0, 0.1) is 0 Å². The molecule has 0 saturated carbocycles. The molecule has 0 radical (unpaired) electrons. The number of nitrogens with one attached hydrogen (secondary N) is 1. The zero-order chi connectivity index (χ0) is 27.0. The lowest BCUT2D eigenvalue weighted by molar-refractivity contribution is -0.121. The molecule has 4 rings (SSSR count). The molecule has 1 aromatic heterocycles. The van der Waals surface area contributed by atoms with Crippen molar-refractivity contribution in [3.05, 3.63) is 48.3 Å². The maximum Gasteiger partial charge on any atom is 0.243 e. The molecule has 0 aliphatic carbocycles. The summed E-state index contributed by atoms with van der Waals surface area (Å²) in [5, 5.41) is 3.42. The summed E-state index contributed by atoms with van der Waals surface area (Å²) in [4.78, 5) is 27.6. The standard InChI is InChI=1S/C28H41N5O3Si/c1-9-14-29-24-23-25(31-22(30-24)19-36-37(7,8)27(2,3)4)33(26(34)28(23,5)6)21-12-10-20(11-13-21)32-15-17-35-18-16-32/h9-13H,1,14-19H2,2-8H3,(H,29,30,31). The second-order valence-electron chi connectivity index (χ2n) is 11.8. The highest BCUT2D eigenvalue weighted by molar-refractivity contribution is 6.74. The minimum absolute atomic E-state index is 0.0277. The molecule has 1 fully saturated rings. The Balaban J connectivity index is 1.73. The molecular formula is C28H41N5O3Si. The van der Waals surface area contributed by atoms with E-state index in [1.807, 2.05) is 26.0 Å². The van der Waals surface area contributed by atoms with Gasteiger partial charge in [-0.25, -0.2) is 9.97 Å². The van der Waals surface area contributed by atoms with Crippen LogP contribution in [-0.4, -0.2) is 57.0 Å². The molecule has 1 N–H and O–H groups in total. The van der Waals surface area contributed by atoms with Gasteiger partial charge in [0.25, 0.3) is 0 Å². The van der Waals surface area contributed by atoms with Crippen molar-refractivity contribution in [2.75, 3.05) is 48.0 Å². The average molecular weight is 524 g/mol. The quantitative estimate of drug-likeness (QED) is 0.367. The van der Waals surface area contributed by atoms with Crippen LogP contribution in [0.25, 0.3) is 0 Å². The predicted molar refractivity (Wildman–Crippen MR) is 152 cm³/mol. The minimum Gasteiger partial charge on any atom is -0.409 e. The van der Waals surface area contributed by atoms with Crippen LogP contribution in [0.15, 0.2) is 36.9 Å². The maximum absolute atomic E-state index is 13.8. The van der Waals surface area contributed by atoms with E-state index in [2.05, 4.69) is 62.8 Å². The van der Waals surface area contributed by atoms with E-state index in [4.69, 9.17) is 19.1 Å². The van der Waals surface area contributed by atoms with Crippen molar-refractivity contribution < 1.29 is 14.0 Å². The van der Waals surface area contributed by atoms with Gasteiger partial charge in [0.2, 0.25) is 5.91 Å². The molecule has 1 saturated heterocycles. The van der Waals surface area contributed by atoms with E-state index in [0.717, 1.165) is 43.2 Å². The van der Waals surface area contributed by atoms with E-state index in [-0.39, 0.29) is 10.9 Å². The lowest BCUT2D eigenvalue weighted by atomic mass is 9.87. The molecule has 2 aromatic rings. The molecule has 9 heteroatoms. The van der Waals surface area contributed by atoms with Crippen LogP contribution >= 0.6 is 0 Å². The molecule has 0 atom stereocenters. The number of rotatable bonds is 8. The summed E-state index contributed by atoms with van der Waals surface area (Å²) >= 11 is 0. The van der Waals surface area contributed by atoms with Gasteiger partial charge in [0.15, 0.2) is 14.1 Å². The molecule has 3 heterocycles. The fraction of sp³-hybridized carbons (Fsp3) is 0.536. The van der Waals surface area contributed by atoms with Crippen molar-refractivity contribution in [3.63, 3.8) is 0 Å². The summed E-state index contributed by atoms with van der Waals surface area (Å²) in [7, 11) is -2.01. The number of hydrogen-bond acceptors (Lipinski definition) is 7. The number of carbonyl (C=O) groups excluding carboxylic acids is 1. The lowest BCUT2D eigenvalue weighted by Crippen LogP contribution is -2.40. The van der Waals surface area contributed by atoms with Crippen molar-refractivity contribution in [3.8, 4) is 0 Å². The summed E-state index contributed by atoms with van der Waals surface area (Å²) in [6, 6.07) is 8.13. The fourth-order valence-electron chi connectivity index (χ4n) is 4.41. The van der Waals surface area contributed by atoms with Gasteiger partial charge in [-0.3, -0.25) is 9.69 Å². The summed E-state index contributed by atoms with van der Waals surface area (Å²) in [6.07, 6.45) is 1.78.